The van der Waals surface area contributed by atoms with Gasteiger partial charge in [0.2, 0.25) is 0 Å². The molecule has 0 bridgehead atoms. The molecule has 2 saturated carbocycles. The lowest BCUT2D eigenvalue weighted by Crippen LogP contribution is -2.53. The summed E-state index contributed by atoms with van der Waals surface area (Å²) >= 11 is 0. The molecule has 176 valence electrons. The van der Waals surface area contributed by atoms with Gasteiger partial charge >= 0.3 is 0 Å². The fraction of sp³-hybridized carbons (Fsp3) is 0.759. The number of allylic oxidation sites excluding steroid dienone is 3. The van der Waals surface area contributed by atoms with Gasteiger partial charge in [0.05, 0.1) is 0 Å². The number of ketones is 3. The van der Waals surface area contributed by atoms with Crippen molar-refractivity contribution >= 4 is 17.3 Å². The van der Waals surface area contributed by atoms with Crippen molar-refractivity contribution in [1.29, 1.82) is 0 Å². The lowest BCUT2D eigenvalue weighted by atomic mass is 9.48. The molecule has 0 aliphatic heterocycles. The van der Waals surface area contributed by atoms with E-state index in [0.29, 0.717) is 37.0 Å². The molecule has 2 fully saturated rings. The van der Waals surface area contributed by atoms with Gasteiger partial charge in [0, 0.05) is 41.7 Å². The topological polar surface area (TPSA) is 51.2 Å². The van der Waals surface area contributed by atoms with E-state index in [4.69, 9.17) is 0 Å². The van der Waals surface area contributed by atoms with Crippen LogP contribution < -0.4 is 0 Å². The Bertz CT molecular complexity index is 892. The fourth-order valence-electron chi connectivity index (χ4n) is 8.14. The maximum atomic E-state index is 13.8. The number of fused-ring (bicyclic) bond motifs is 4. The average molecular weight is 439 g/mol. The van der Waals surface area contributed by atoms with Crippen LogP contribution in [-0.2, 0) is 14.4 Å². The van der Waals surface area contributed by atoms with Gasteiger partial charge in [-0.3, -0.25) is 14.4 Å². The lowest BCUT2D eigenvalue weighted by Gasteiger charge is -2.53. The van der Waals surface area contributed by atoms with Crippen LogP contribution in [0, 0.1) is 46.3 Å². The molecule has 3 heteroatoms. The van der Waals surface area contributed by atoms with Crippen LogP contribution in [0.15, 0.2) is 23.3 Å². The van der Waals surface area contributed by atoms with Crippen LogP contribution in [0.1, 0.15) is 92.9 Å². The van der Waals surface area contributed by atoms with Crippen LogP contribution in [0.5, 0.6) is 0 Å². The van der Waals surface area contributed by atoms with Crippen molar-refractivity contribution in [2.24, 2.45) is 46.3 Å². The fourth-order valence-corrected chi connectivity index (χ4v) is 8.14. The van der Waals surface area contributed by atoms with Gasteiger partial charge in [-0.05, 0) is 67.1 Å². The van der Waals surface area contributed by atoms with Gasteiger partial charge in [-0.1, -0.05) is 53.7 Å². The maximum Gasteiger partial charge on any atom is 0.160 e. The van der Waals surface area contributed by atoms with E-state index in [1.807, 2.05) is 6.92 Å². The molecule has 3 nitrogen and oxygen atoms in total. The summed E-state index contributed by atoms with van der Waals surface area (Å²) in [6.45, 7) is 17.4. The van der Waals surface area contributed by atoms with Crippen LogP contribution in [0.4, 0.5) is 0 Å². The summed E-state index contributed by atoms with van der Waals surface area (Å²) in [5.74, 6) is 2.18. The first-order chi connectivity index (χ1) is 14.9. The molecule has 0 radical (unpaired) electrons. The van der Waals surface area contributed by atoms with Gasteiger partial charge in [0.1, 0.15) is 5.78 Å². The van der Waals surface area contributed by atoms with Crippen molar-refractivity contribution in [3.63, 3.8) is 0 Å². The number of hydrogen-bond acceptors (Lipinski definition) is 3. The first-order valence-electron chi connectivity index (χ1n) is 12.9. The zero-order valence-electron chi connectivity index (χ0n) is 21.1. The molecule has 0 heterocycles. The third-order valence-corrected chi connectivity index (χ3v) is 10.4. The van der Waals surface area contributed by atoms with Crippen LogP contribution in [0.2, 0.25) is 0 Å². The molecule has 4 rings (SSSR count). The van der Waals surface area contributed by atoms with E-state index in [1.54, 1.807) is 0 Å². The van der Waals surface area contributed by atoms with Gasteiger partial charge < -0.3 is 0 Å². The molecule has 0 amide bonds. The number of carbonyl (C=O) groups excluding carboxylic acids is 3. The van der Waals surface area contributed by atoms with Crippen LogP contribution in [0.3, 0.4) is 0 Å². The summed E-state index contributed by atoms with van der Waals surface area (Å²) in [4.78, 5) is 39.8. The molecular formula is C29H42O3. The monoisotopic (exact) mass is 438 g/mol. The summed E-state index contributed by atoms with van der Waals surface area (Å²) < 4.78 is 0. The smallest absolute Gasteiger partial charge is 0.160 e. The highest BCUT2D eigenvalue weighted by molar-refractivity contribution is 6.11. The van der Waals surface area contributed by atoms with Gasteiger partial charge in [-0.15, -0.1) is 0 Å². The highest BCUT2D eigenvalue weighted by Crippen LogP contribution is 2.64. The Morgan fingerprint density at radius 2 is 1.78 bits per heavy atom. The van der Waals surface area contributed by atoms with Gasteiger partial charge in [0.15, 0.2) is 11.6 Å². The average Bonchev–Trinajstić information content (AvgIpc) is 3.06. The lowest BCUT2D eigenvalue weighted by molar-refractivity contribution is -0.137. The predicted molar refractivity (Wildman–Crippen MR) is 128 cm³/mol. The quantitative estimate of drug-likeness (QED) is 0.460. The highest BCUT2D eigenvalue weighted by Gasteiger charge is 2.61. The molecule has 4 aliphatic rings. The Labute approximate surface area is 194 Å². The van der Waals surface area contributed by atoms with Crippen molar-refractivity contribution in [2.75, 3.05) is 0 Å². The summed E-state index contributed by atoms with van der Waals surface area (Å²) in [6, 6.07) is 0. The first-order valence-corrected chi connectivity index (χ1v) is 12.9. The second-order valence-corrected chi connectivity index (χ2v) is 12.4. The molecule has 0 saturated heterocycles. The molecule has 0 N–H and O–H groups in total. The van der Waals surface area contributed by atoms with Gasteiger partial charge in [-0.2, -0.15) is 0 Å². The summed E-state index contributed by atoms with van der Waals surface area (Å²) in [5, 5.41) is 0. The minimum atomic E-state index is -0.312. The van der Waals surface area contributed by atoms with Crippen molar-refractivity contribution in [2.45, 2.75) is 92.9 Å². The molecule has 0 unspecified atom stereocenters. The zero-order chi connectivity index (χ0) is 23.6. The third kappa shape index (κ3) is 3.41. The zero-order valence-corrected chi connectivity index (χ0v) is 21.1. The number of hydrogen-bond donors (Lipinski definition) is 0. The van der Waals surface area contributed by atoms with Gasteiger partial charge in [-0.25, -0.2) is 0 Å². The number of rotatable bonds is 5. The molecule has 7 atom stereocenters. The van der Waals surface area contributed by atoms with E-state index < -0.39 is 0 Å². The summed E-state index contributed by atoms with van der Waals surface area (Å²) in [6.07, 6.45) is 6.53. The Morgan fingerprint density at radius 1 is 1.09 bits per heavy atom. The Kier molecular flexibility index (Phi) is 5.96. The molecule has 0 aromatic carbocycles. The largest absolute Gasteiger partial charge is 0.299 e. The molecule has 0 aromatic heterocycles. The molecule has 32 heavy (non-hydrogen) atoms. The van der Waals surface area contributed by atoms with Crippen molar-refractivity contribution in [3.8, 4) is 0 Å². The molecule has 0 spiro atoms. The van der Waals surface area contributed by atoms with E-state index in [1.165, 1.54) is 5.57 Å². The second-order valence-electron chi connectivity index (χ2n) is 12.4. The van der Waals surface area contributed by atoms with E-state index in [0.717, 1.165) is 43.3 Å². The Morgan fingerprint density at radius 3 is 2.44 bits per heavy atom. The normalized spacial score (nSPS) is 40.3. The first kappa shape index (κ1) is 23.6. The molecule has 4 aliphatic carbocycles. The standard InChI is InChI=1S/C29H42O3/c1-16(2)17(3)8-9-18(4)20-10-11-21-26-24(31)14-22-19(5)23(30)12-13-28(22,6)27(26)25(32)15-29(20,21)7/h16,18-22H,3,8-15H2,1-2,4-7H3/t18-,19+,20-,21+,22+,28+,29-/m1/s1. The van der Waals surface area contributed by atoms with Crippen molar-refractivity contribution in [3.05, 3.63) is 23.3 Å². The summed E-state index contributed by atoms with van der Waals surface area (Å²) in [7, 11) is 0. The number of carbonyl (C=O) groups is 3. The van der Waals surface area contributed by atoms with Crippen LogP contribution in [0.25, 0.3) is 0 Å². The maximum absolute atomic E-state index is 13.8. The van der Waals surface area contributed by atoms with E-state index >= 15 is 0 Å². The Balaban J connectivity index is 1.66. The number of Topliss-reactive ketones (excluding diaryl/α,β-unsaturated/α-hetero) is 3. The van der Waals surface area contributed by atoms with Gasteiger partial charge in [0.25, 0.3) is 0 Å². The summed E-state index contributed by atoms with van der Waals surface area (Å²) in [5.41, 5.74) is 2.59. The minimum absolute atomic E-state index is 0.0125. The predicted octanol–water partition coefficient (Wildman–Crippen LogP) is 6.51. The second kappa shape index (κ2) is 8.06. The van der Waals surface area contributed by atoms with E-state index in [2.05, 4.69) is 41.2 Å². The minimum Gasteiger partial charge on any atom is -0.299 e. The highest BCUT2D eigenvalue weighted by atomic mass is 16.1. The van der Waals surface area contributed by atoms with E-state index in [-0.39, 0.29) is 45.9 Å². The molecule has 0 aromatic rings. The Hall–Kier alpha value is -1.51. The van der Waals surface area contributed by atoms with Crippen molar-refractivity contribution < 1.29 is 14.4 Å². The van der Waals surface area contributed by atoms with Crippen LogP contribution in [-0.4, -0.2) is 17.3 Å². The van der Waals surface area contributed by atoms with Crippen molar-refractivity contribution in [1.82, 2.24) is 0 Å². The molecular weight excluding hydrogens is 396 g/mol. The SMILES string of the molecule is C=C(CC[C@@H](C)[C@H]1CC[C@H]2C3=C(C(=O)C[C@]12C)[C@@]1(C)CCC(=O)[C@@H](C)[C@@H]1CC3=O)C(C)C. The van der Waals surface area contributed by atoms with E-state index in [9.17, 15) is 14.4 Å². The third-order valence-electron chi connectivity index (χ3n) is 10.4. The van der Waals surface area contributed by atoms with Crippen LogP contribution >= 0.6 is 0 Å².